The molecule has 0 aliphatic rings. The van der Waals surface area contributed by atoms with Crippen LogP contribution in [0.2, 0.25) is 0 Å². The van der Waals surface area contributed by atoms with E-state index in [0.29, 0.717) is 24.7 Å². The molecule has 0 radical (unpaired) electrons. The Labute approximate surface area is 237 Å². The highest BCUT2D eigenvalue weighted by molar-refractivity contribution is 6.05. The molecule has 4 aromatic rings. The number of carbonyl (C=O) groups excluding carboxylic acids is 1. The molecule has 1 amide bonds. The number of rotatable bonds is 10. The molecule has 0 aliphatic carbocycles. The number of nitrogens with one attached hydrogen (secondary N) is 1. The Morgan fingerprint density at radius 1 is 1.10 bits per heavy atom. The minimum absolute atomic E-state index is 0.150. The number of ether oxygens (including phenoxy) is 1. The summed E-state index contributed by atoms with van der Waals surface area (Å²) in [4.78, 5) is 25.4. The average Bonchev–Trinajstić information content (AvgIpc) is 3.28. The summed E-state index contributed by atoms with van der Waals surface area (Å²) >= 11 is 0. The van der Waals surface area contributed by atoms with Crippen LogP contribution in [-0.2, 0) is 18.5 Å². The molecule has 212 valence electrons. The molecule has 0 saturated heterocycles. The molecule has 2 heterocycles. The summed E-state index contributed by atoms with van der Waals surface area (Å²) in [6.07, 6.45) is 2.76. The topological polar surface area (TPSA) is 85.2 Å². The van der Waals surface area contributed by atoms with Crippen molar-refractivity contribution in [2.75, 3.05) is 27.2 Å². The molecular formula is C32H42N6O2. The standard InChI is InChI=1S/C32H42N6O2/c1-9-38-22(3)24(19-34-38)20-37(8)31(39)29-25-17-21(2)11-13-27(25)35-30(36-29)23-12-14-28(40-16-10-15-33-7)26(18-23)32(4,5)6/h11-14,17-19,33H,9-10,15-16,20H2,1-8H3. The van der Waals surface area contributed by atoms with Gasteiger partial charge in [0.2, 0.25) is 0 Å². The third-order valence-electron chi connectivity index (χ3n) is 7.19. The second kappa shape index (κ2) is 12.2. The molecule has 0 unspecified atom stereocenters. The van der Waals surface area contributed by atoms with Crippen molar-refractivity contribution in [3.8, 4) is 17.1 Å². The van der Waals surface area contributed by atoms with E-state index in [-0.39, 0.29) is 11.3 Å². The molecule has 0 fully saturated rings. The average molecular weight is 543 g/mol. The third kappa shape index (κ3) is 6.33. The number of hydrogen-bond acceptors (Lipinski definition) is 6. The Balaban J connectivity index is 1.75. The summed E-state index contributed by atoms with van der Waals surface area (Å²) in [7, 11) is 3.75. The van der Waals surface area contributed by atoms with Crippen LogP contribution in [0.1, 0.15) is 67.0 Å². The smallest absolute Gasteiger partial charge is 0.273 e. The van der Waals surface area contributed by atoms with Crippen molar-refractivity contribution in [2.24, 2.45) is 0 Å². The lowest BCUT2D eigenvalue weighted by atomic mass is 9.85. The van der Waals surface area contributed by atoms with Crippen molar-refractivity contribution in [3.63, 3.8) is 0 Å². The predicted octanol–water partition coefficient (Wildman–Crippen LogP) is 5.69. The van der Waals surface area contributed by atoms with E-state index >= 15 is 0 Å². The Kier molecular flexibility index (Phi) is 8.88. The van der Waals surface area contributed by atoms with E-state index in [1.807, 2.05) is 69.2 Å². The highest BCUT2D eigenvalue weighted by Crippen LogP contribution is 2.35. The Hall–Kier alpha value is -3.78. The molecule has 2 aromatic heterocycles. The van der Waals surface area contributed by atoms with Crippen LogP contribution in [0.25, 0.3) is 22.3 Å². The molecule has 0 spiro atoms. The van der Waals surface area contributed by atoms with Gasteiger partial charge in [-0.15, -0.1) is 0 Å². The lowest BCUT2D eigenvalue weighted by molar-refractivity contribution is 0.0781. The molecule has 0 saturated carbocycles. The van der Waals surface area contributed by atoms with Crippen LogP contribution in [0.3, 0.4) is 0 Å². The number of benzene rings is 2. The molecule has 0 aliphatic heterocycles. The molecule has 0 bridgehead atoms. The number of nitrogens with zero attached hydrogens (tertiary/aromatic N) is 5. The van der Waals surface area contributed by atoms with Gasteiger partial charge in [0.1, 0.15) is 11.4 Å². The normalized spacial score (nSPS) is 11.7. The van der Waals surface area contributed by atoms with Gasteiger partial charge in [-0.3, -0.25) is 9.48 Å². The fourth-order valence-electron chi connectivity index (χ4n) is 4.81. The summed E-state index contributed by atoms with van der Waals surface area (Å²) < 4.78 is 8.10. The maximum Gasteiger partial charge on any atom is 0.273 e. The Bertz CT molecular complexity index is 1500. The van der Waals surface area contributed by atoms with Crippen LogP contribution in [-0.4, -0.2) is 57.8 Å². The van der Waals surface area contributed by atoms with Gasteiger partial charge in [0, 0.05) is 47.9 Å². The first-order valence-electron chi connectivity index (χ1n) is 14.0. The second-order valence-electron chi connectivity index (χ2n) is 11.4. The summed E-state index contributed by atoms with van der Waals surface area (Å²) in [6.45, 7) is 15.4. The van der Waals surface area contributed by atoms with Gasteiger partial charge in [-0.2, -0.15) is 5.10 Å². The number of fused-ring (bicyclic) bond motifs is 1. The van der Waals surface area contributed by atoms with E-state index < -0.39 is 0 Å². The van der Waals surface area contributed by atoms with E-state index in [1.165, 1.54) is 0 Å². The molecule has 40 heavy (non-hydrogen) atoms. The number of hydrogen-bond donors (Lipinski definition) is 1. The summed E-state index contributed by atoms with van der Waals surface area (Å²) in [6, 6.07) is 12.1. The maximum atomic E-state index is 13.9. The minimum Gasteiger partial charge on any atom is -0.493 e. The molecule has 4 rings (SSSR count). The summed E-state index contributed by atoms with van der Waals surface area (Å²) in [5.41, 5.74) is 6.06. The SMILES string of the molecule is CCn1ncc(CN(C)C(=O)c2nc(-c3ccc(OCCCNC)c(C(C)(C)C)c3)nc3ccc(C)cc23)c1C. The van der Waals surface area contributed by atoms with Crippen molar-refractivity contribution in [1.82, 2.24) is 30.0 Å². The highest BCUT2D eigenvalue weighted by atomic mass is 16.5. The van der Waals surface area contributed by atoms with E-state index in [4.69, 9.17) is 14.7 Å². The Morgan fingerprint density at radius 3 is 2.55 bits per heavy atom. The maximum absolute atomic E-state index is 13.9. The van der Waals surface area contributed by atoms with Crippen LogP contribution < -0.4 is 10.1 Å². The number of amides is 1. The van der Waals surface area contributed by atoms with Crippen molar-refractivity contribution >= 4 is 16.8 Å². The fraction of sp³-hybridized carbons (Fsp3) is 0.438. The van der Waals surface area contributed by atoms with E-state index in [2.05, 4.69) is 44.2 Å². The van der Waals surface area contributed by atoms with E-state index in [9.17, 15) is 4.79 Å². The first-order chi connectivity index (χ1) is 19.0. The molecule has 8 nitrogen and oxygen atoms in total. The zero-order valence-corrected chi connectivity index (χ0v) is 25.1. The molecule has 2 aromatic carbocycles. The number of carbonyl (C=O) groups is 1. The van der Waals surface area contributed by atoms with Crippen molar-refractivity contribution in [2.45, 2.75) is 66.5 Å². The zero-order chi connectivity index (χ0) is 29.0. The lowest BCUT2D eigenvalue weighted by Crippen LogP contribution is -2.28. The highest BCUT2D eigenvalue weighted by Gasteiger charge is 2.24. The minimum atomic E-state index is -0.151. The lowest BCUT2D eigenvalue weighted by Gasteiger charge is -2.24. The van der Waals surface area contributed by atoms with Gasteiger partial charge < -0.3 is 15.0 Å². The second-order valence-corrected chi connectivity index (χ2v) is 11.4. The van der Waals surface area contributed by atoms with Gasteiger partial charge in [-0.25, -0.2) is 9.97 Å². The van der Waals surface area contributed by atoms with Gasteiger partial charge >= 0.3 is 0 Å². The van der Waals surface area contributed by atoms with Gasteiger partial charge in [0.05, 0.1) is 18.3 Å². The monoisotopic (exact) mass is 542 g/mol. The van der Waals surface area contributed by atoms with Gasteiger partial charge in [0.25, 0.3) is 5.91 Å². The molecule has 1 N–H and O–H groups in total. The van der Waals surface area contributed by atoms with Gasteiger partial charge in [-0.1, -0.05) is 32.4 Å². The zero-order valence-electron chi connectivity index (χ0n) is 25.1. The molecular weight excluding hydrogens is 500 g/mol. The molecule has 0 atom stereocenters. The van der Waals surface area contributed by atoms with Crippen molar-refractivity contribution in [3.05, 3.63) is 70.7 Å². The van der Waals surface area contributed by atoms with E-state index in [1.54, 1.807) is 4.90 Å². The van der Waals surface area contributed by atoms with Gasteiger partial charge in [0.15, 0.2) is 5.82 Å². The first kappa shape index (κ1) is 29.2. The van der Waals surface area contributed by atoms with Crippen LogP contribution in [0.15, 0.2) is 42.6 Å². The van der Waals surface area contributed by atoms with Crippen molar-refractivity contribution in [1.29, 1.82) is 0 Å². The number of aryl methyl sites for hydroxylation is 2. The van der Waals surface area contributed by atoms with Crippen LogP contribution >= 0.6 is 0 Å². The van der Waals surface area contributed by atoms with Gasteiger partial charge in [-0.05, 0) is 76.5 Å². The largest absolute Gasteiger partial charge is 0.493 e. The van der Waals surface area contributed by atoms with Crippen LogP contribution in [0.5, 0.6) is 5.75 Å². The first-order valence-corrected chi connectivity index (χ1v) is 14.0. The number of aromatic nitrogens is 4. The van der Waals surface area contributed by atoms with Crippen molar-refractivity contribution < 1.29 is 9.53 Å². The predicted molar refractivity (Wildman–Crippen MR) is 161 cm³/mol. The summed E-state index contributed by atoms with van der Waals surface area (Å²) in [5.74, 6) is 1.24. The fourth-order valence-corrected chi connectivity index (χ4v) is 4.81. The van der Waals surface area contributed by atoms with E-state index in [0.717, 1.165) is 64.1 Å². The molecule has 8 heteroatoms. The Morgan fingerprint density at radius 2 is 1.88 bits per heavy atom. The quantitative estimate of drug-likeness (QED) is 0.259. The third-order valence-corrected chi connectivity index (χ3v) is 7.19. The summed E-state index contributed by atoms with van der Waals surface area (Å²) in [5, 5.41) is 8.35. The van der Waals surface area contributed by atoms with Crippen LogP contribution in [0, 0.1) is 13.8 Å². The van der Waals surface area contributed by atoms with Crippen LogP contribution in [0.4, 0.5) is 0 Å².